The predicted octanol–water partition coefficient (Wildman–Crippen LogP) is 5.02. The Morgan fingerprint density at radius 2 is 1.64 bits per heavy atom. The molecule has 1 aliphatic carbocycles. The maximum Gasteiger partial charge on any atom is 0.268 e. The second-order valence-corrected chi connectivity index (χ2v) is 13.3. The fourth-order valence-electron chi connectivity index (χ4n) is 6.86. The van der Waals surface area contributed by atoms with Crippen LogP contribution in [0.5, 0.6) is 0 Å². The number of primary amides is 1. The number of fused-ring (bicyclic) bond motifs is 1. The summed E-state index contributed by atoms with van der Waals surface area (Å²) in [7, 11) is 0. The number of hydrogen-bond donors (Lipinski definition) is 3. The first-order valence-electron chi connectivity index (χ1n) is 16.7. The molecule has 256 valence electrons. The smallest absolute Gasteiger partial charge is 0.268 e. The molecular weight excluding hydrogens is 639 g/mol. The zero-order valence-corrected chi connectivity index (χ0v) is 27.7. The average molecular weight is 677 g/mol. The van der Waals surface area contributed by atoms with Crippen LogP contribution in [0.15, 0.2) is 71.9 Å². The van der Waals surface area contributed by atoms with Crippen LogP contribution in [0.1, 0.15) is 77.9 Å². The number of amides is 3. The van der Waals surface area contributed by atoms with Crippen LogP contribution in [0.3, 0.4) is 0 Å². The molecule has 2 aliphatic rings. The Morgan fingerprint density at radius 3 is 2.26 bits per heavy atom. The van der Waals surface area contributed by atoms with Gasteiger partial charge in [-0.15, -0.1) is 0 Å². The van der Waals surface area contributed by atoms with Crippen molar-refractivity contribution in [1.82, 2.24) is 24.0 Å². The van der Waals surface area contributed by atoms with E-state index in [4.69, 9.17) is 11.5 Å². The highest BCUT2D eigenvalue weighted by molar-refractivity contribution is 6.06. The first kappa shape index (κ1) is 32.7. The van der Waals surface area contributed by atoms with Gasteiger partial charge < -0.3 is 26.3 Å². The van der Waals surface area contributed by atoms with Gasteiger partial charge in [-0.25, -0.2) is 14.4 Å². The molecule has 0 atom stereocenters. The summed E-state index contributed by atoms with van der Waals surface area (Å²) in [5.74, 6) is -1.55. The van der Waals surface area contributed by atoms with Crippen LogP contribution in [-0.2, 0) is 4.79 Å². The minimum Gasteiger partial charge on any atom is -0.383 e. The number of rotatable bonds is 8. The monoisotopic (exact) mass is 676 g/mol. The van der Waals surface area contributed by atoms with Gasteiger partial charge in [0.25, 0.3) is 17.4 Å². The van der Waals surface area contributed by atoms with Crippen LogP contribution in [0.4, 0.5) is 15.9 Å². The zero-order valence-electron chi connectivity index (χ0n) is 27.7. The molecule has 12 nitrogen and oxygen atoms in total. The van der Waals surface area contributed by atoms with E-state index in [1.165, 1.54) is 36.7 Å². The van der Waals surface area contributed by atoms with Gasteiger partial charge in [-0.05, 0) is 85.2 Å². The summed E-state index contributed by atoms with van der Waals surface area (Å²) in [6.45, 7) is 5.15. The molecule has 13 heteroatoms. The van der Waals surface area contributed by atoms with Crippen LogP contribution in [0.2, 0.25) is 0 Å². The van der Waals surface area contributed by atoms with Gasteiger partial charge >= 0.3 is 0 Å². The van der Waals surface area contributed by atoms with Gasteiger partial charge in [-0.3, -0.25) is 23.7 Å². The van der Waals surface area contributed by atoms with E-state index in [2.05, 4.69) is 19.9 Å². The van der Waals surface area contributed by atoms with Crippen molar-refractivity contribution in [3.8, 4) is 16.8 Å². The van der Waals surface area contributed by atoms with Crippen LogP contribution in [-0.4, -0.2) is 54.8 Å². The Kier molecular flexibility index (Phi) is 8.42. The Balaban J connectivity index is 1.18. The third-order valence-corrected chi connectivity index (χ3v) is 9.57. The highest BCUT2D eigenvalue weighted by Gasteiger charge is 2.33. The molecule has 3 aromatic heterocycles. The van der Waals surface area contributed by atoms with Crippen molar-refractivity contribution in [1.29, 1.82) is 0 Å². The van der Waals surface area contributed by atoms with Crippen molar-refractivity contribution < 1.29 is 18.8 Å². The van der Waals surface area contributed by atoms with E-state index in [1.54, 1.807) is 12.1 Å². The number of piperidine rings is 1. The topological polar surface area (TPSA) is 171 Å². The molecule has 3 amide bonds. The van der Waals surface area contributed by atoms with Gasteiger partial charge in [0.2, 0.25) is 5.91 Å². The summed E-state index contributed by atoms with van der Waals surface area (Å²) in [5, 5.41) is 3.53. The minimum atomic E-state index is -0.810. The van der Waals surface area contributed by atoms with Gasteiger partial charge in [-0.1, -0.05) is 26.0 Å². The maximum absolute atomic E-state index is 13.8. The number of nitrogens with two attached hydrogens (primary N) is 2. The highest BCUT2D eigenvalue weighted by atomic mass is 19.1. The lowest BCUT2D eigenvalue weighted by Gasteiger charge is -2.34. The Bertz CT molecular complexity index is 2200. The van der Waals surface area contributed by atoms with Gasteiger partial charge in [0.1, 0.15) is 34.9 Å². The summed E-state index contributed by atoms with van der Waals surface area (Å²) < 4.78 is 17.0. The Labute approximate surface area is 286 Å². The van der Waals surface area contributed by atoms with E-state index in [1.807, 2.05) is 37.1 Å². The average Bonchev–Trinajstić information content (AvgIpc) is 3.88. The van der Waals surface area contributed by atoms with Crippen molar-refractivity contribution in [2.45, 2.75) is 51.5 Å². The number of hydrogen-bond acceptors (Lipinski definition) is 7. The molecule has 4 heterocycles. The number of likely N-dealkylation sites (tertiary alicyclic amines) is 1. The van der Waals surface area contributed by atoms with E-state index in [0.29, 0.717) is 41.2 Å². The third-order valence-electron chi connectivity index (χ3n) is 9.57. The molecule has 2 fully saturated rings. The van der Waals surface area contributed by atoms with E-state index in [0.717, 1.165) is 41.4 Å². The maximum atomic E-state index is 13.8. The largest absolute Gasteiger partial charge is 0.383 e. The number of aromatic nitrogens is 4. The zero-order chi connectivity index (χ0) is 35.3. The number of nitrogens with one attached hydrogen (secondary N) is 1. The highest BCUT2D eigenvalue weighted by Crippen LogP contribution is 2.42. The van der Waals surface area contributed by atoms with Crippen molar-refractivity contribution in [3.63, 3.8) is 0 Å². The van der Waals surface area contributed by atoms with Crippen LogP contribution in [0.25, 0.3) is 27.8 Å². The number of halogens is 1. The second-order valence-electron chi connectivity index (χ2n) is 13.3. The molecule has 0 unspecified atom stereocenters. The second kappa shape index (κ2) is 12.9. The number of carbonyl (C=O) groups is 3. The predicted molar refractivity (Wildman–Crippen MR) is 188 cm³/mol. The van der Waals surface area contributed by atoms with Crippen molar-refractivity contribution in [3.05, 3.63) is 100 Å². The van der Waals surface area contributed by atoms with Crippen molar-refractivity contribution in [2.24, 2.45) is 11.7 Å². The molecule has 2 aromatic carbocycles. The molecule has 7 rings (SSSR count). The molecule has 5 aromatic rings. The van der Waals surface area contributed by atoms with Gasteiger partial charge in [0.15, 0.2) is 0 Å². The summed E-state index contributed by atoms with van der Waals surface area (Å²) in [6, 6.07) is 13.8. The molecule has 0 spiro atoms. The third kappa shape index (κ3) is 5.99. The van der Waals surface area contributed by atoms with E-state index < -0.39 is 23.2 Å². The molecule has 0 bridgehead atoms. The molecular formula is C37H37FN8O4. The Morgan fingerprint density at radius 1 is 0.960 bits per heavy atom. The summed E-state index contributed by atoms with van der Waals surface area (Å²) >= 11 is 0. The number of benzene rings is 2. The van der Waals surface area contributed by atoms with E-state index >= 15 is 0 Å². The fraction of sp³-hybridized carbons (Fsp3) is 0.297. The van der Waals surface area contributed by atoms with Crippen molar-refractivity contribution in [2.75, 3.05) is 24.1 Å². The summed E-state index contributed by atoms with van der Waals surface area (Å²) in [4.78, 5) is 63.3. The lowest BCUT2D eigenvalue weighted by molar-refractivity contribution is -0.135. The van der Waals surface area contributed by atoms with E-state index in [-0.39, 0.29) is 40.7 Å². The van der Waals surface area contributed by atoms with Crippen LogP contribution < -0.4 is 22.3 Å². The number of nitrogens with zero attached hydrogens (tertiary/aromatic N) is 5. The normalized spacial score (nSPS) is 15.1. The lowest BCUT2D eigenvalue weighted by Crippen LogP contribution is -2.41. The SMILES string of the molecule is CC(C)C(=O)N1CCC(n2cc(-c3ccc(NC(=O)c4cc(C5CC5)c(C(N)=O)n(-c5ccc(F)cc5)c4=O)cc3)c3c(N)ncnc32)CC1. The first-order valence-corrected chi connectivity index (χ1v) is 16.7. The number of nitrogen functional groups attached to an aromatic ring is 1. The van der Waals surface area contributed by atoms with Crippen LogP contribution in [0, 0.1) is 11.7 Å². The molecule has 1 saturated heterocycles. The molecule has 1 aliphatic heterocycles. The van der Waals surface area contributed by atoms with Crippen LogP contribution >= 0.6 is 0 Å². The fourth-order valence-corrected chi connectivity index (χ4v) is 6.86. The molecule has 1 saturated carbocycles. The number of anilines is 2. The molecule has 0 radical (unpaired) electrons. The summed E-state index contributed by atoms with van der Waals surface area (Å²) in [6.07, 6.45) is 6.60. The minimum absolute atomic E-state index is 0.0120. The molecule has 50 heavy (non-hydrogen) atoms. The van der Waals surface area contributed by atoms with Crippen molar-refractivity contribution >= 4 is 40.3 Å². The first-order chi connectivity index (χ1) is 24.0. The number of carbonyl (C=O) groups excluding carboxylic acids is 3. The quantitative estimate of drug-likeness (QED) is 0.207. The lowest BCUT2D eigenvalue weighted by atomic mass is 10.0. The van der Waals surface area contributed by atoms with Gasteiger partial charge in [0.05, 0.1) is 5.39 Å². The van der Waals surface area contributed by atoms with Gasteiger partial charge in [-0.2, -0.15) is 0 Å². The number of pyridine rings is 1. The Hall–Kier alpha value is -5.85. The van der Waals surface area contributed by atoms with Gasteiger partial charge in [0, 0.05) is 48.2 Å². The standard InChI is InChI=1S/C37H37FN8O4/c1-20(2)36(49)44-15-13-25(14-16-44)45-18-29(30-32(39)41-19-42-34(30)45)22-5-9-24(10-6-22)43-35(48)28-17-27(21-3-4-21)31(33(40)47)46(37(28)50)26-11-7-23(38)8-12-26/h5-12,17-21,25H,3-4,13-16H2,1-2H3,(H2,40,47)(H,43,48)(H2,39,41,42). The molecule has 5 N–H and O–H groups in total. The van der Waals surface area contributed by atoms with E-state index in [9.17, 15) is 23.6 Å². The summed E-state index contributed by atoms with van der Waals surface area (Å²) in [5.41, 5.74) is 14.7.